The highest BCUT2D eigenvalue weighted by molar-refractivity contribution is 7.99. The minimum absolute atomic E-state index is 0.0187. The number of carboxylic acid groups (broad SMARTS) is 1. The molecule has 0 aliphatic heterocycles. The zero-order valence-electron chi connectivity index (χ0n) is 12.5. The van der Waals surface area contributed by atoms with Crippen molar-refractivity contribution in [2.24, 2.45) is 0 Å². The van der Waals surface area contributed by atoms with E-state index in [1.807, 2.05) is 23.6 Å². The number of rotatable bonds is 6. The minimum Gasteiger partial charge on any atom is -0.481 e. The number of carboxylic acids is 1. The molecule has 0 aliphatic rings. The Balaban J connectivity index is 2.47. The van der Waals surface area contributed by atoms with Crippen LogP contribution in [0, 0.1) is 13.8 Å². The molecule has 0 bridgehead atoms. The van der Waals surface area contributed by atoms with Crippen molar-refractivity contribution in [3.63, 3.8) is 0 Å². The van der Waals surface area contributed by atoms with Crippen molar-refractivity contribution in [2.75, 3.05) is 5.75 Å². The molecule has 0 amide bonds. The van der Waals surface area contributed by atoms with Gasteiger partial charge in [-0.2, -0.15) is 0 Å². The first-order valence-corrected chi connectivity index (χ1v) is 7.88. The first-order valence-electron chi connectivity index (χ1n) is 6.89. The molecule has 0 atom stereocenters. The van der Waals surface area contributed by atoms with Crippen molar-refractivity contribution in [3.8, 4) is 5.69 Å². The molecule has 0 unspecified atom stereocenters. The van der Waals surface area contributed by atoms with Crippen molar-refractivity contribution in [1.29, 1.82) is 0 Å². The number of hydrogen-bond acceptors (Lipinski definition) is 4. The van der Waals surface area contributed by atoms with Crippen LogP contribution >= 0.6 is 11.8 Å². The quantitative estimate of drug-likeness (QED) is 0.831. The predicted molar refractivity (Wildman–Crippen MR) is 83.2 cm³/mol. The molecule has 5 nitrogen and oxygen atoms in total. The molecule has 1 aromatic carbocycles. The molecule has 0 saturated carbocycles. The minimum atomic E-state index is -0.854. The van der Waals surface area contributed by atoms with E-state index in [-0.39, 0.29) is 5.75 Å². The summed E-state index contributed by atoms with van der Waals surface area (Å²) < 4.78 is 1.98. The van der Waals surface area contributed by atoms with Crippen LogP contribution in [-0.2, 0) is 11.2 Å². The van der Waals surface area contributed by atoms with E-state index in [0.717, 1.165) is 29.9 Å². The molecular weight excluding hydrogens is 286 g/mol. The molecule has 2 rings (SSSR count). The Bertz CT molecular complexity index is 652. The molecule has 1 aromatic heterocycles. The van der Waals surface area contributed by atoms with Crippen molar-refractivity contribution in [2.45, 2.75) is 38.8 Å². The van der Waals surface area contributed by atoms with Crippen LogP contribution in [-0.4, -0.2) is 31.6 Å². The lowest BCUT2D eigenvalue weighted by Gasteiger charge is -2.12. The van der Waals surface area contributed by atoms with E-state index in [1.165, 1.54) is 17.3 Å². The van der Waals surface area contributed by atoms with Crippen molar-refractivity contribution in [3.05, 3.63) is 35.2 Å². The van der Waals surface area contributed by atoms with Crippen LogP contribution in [0.15, 0.2) is 23.4 Å². The van der Waals surface area contributed by atoms with Crippen LogP contribution in [0.25, 0.3) is 5.69 Å². The number of nitrogens with zero attached hydrogens (tertiary/aromatic N) is 3. The molecule has 2 aromatic rings. The highest BCUT2D eigenvalue weighted by Gasteiger charge is 2.16. The van der Waals surface area contributed by atoms with E-state index in [9.17, 15) is 4.79 Å². The second-order valence-corrected chi connectivity index (χ2v) is 5.90. The van der Waals surface area contributed by atoms with Gasteiger partial charge in [-0.25, -0.2) is 0 Å². The van der Waals surface area contributed by atoms with E-state index >= 15 is 0 Å². The van der Waals surface area contributed by atoms with Crippen LogP contribution in [0.5, 0.6) is 0 Å². The summed E-state index contributed by atoms with van der Waals surface area (Å²) in [5.74, 6) is -0.000571. The van der Waals surface area contributed by atoms with Gasteiger partial charge < -0.3 is 5.11 Å². The van der Waals surface area contributed by atoms with Crippen LogP contribution in [0.2, 0.25) is 0 Å². The number of benzene rings is 1. The Kier molecular flexibility index (Phi) is 5.01. The third-order valence-corrected chi connectivity index (χ3v) is 4.01. The van der Waals surface area contributed by atoms with Crippen molar-refractivity contribution in [1.82, 2.24) is 14.8 Å². The predicted octanol–water partition coefficient (Wildman–Crippen LogP) is 3.01. The topological polar surface area (TPSA) is 68.0 Å². The monoisotopic (exact) mass is 305 g/mol. The molecule has 0 spiro atoms. The molecule has 6 heteroatoms. The van der Waals surface area contributed by atoms with Crippen LogP contribution in [0.3, 0.4) is 0 Å². The van der Waals surface area contributed by atoms with Gasteiger partial charge in [0, 0.05) is 6.42 Å². The SMILES string of the molecule is CCCc1nnc(SCC(=O)O)n1-c1ccc(C)cc1C. The number of aryl methyl sites for hydroxylation is 3. The smallest absolute Gasteiger partial charge is 0.313 e. The van der Waals surface area contributed by atoms with Crippen molar-refractivity contribution >= 4 is 17.7 Å². The van der Waals surface area contributed by atoms with Gasteiger partial charge in [0.15, 0.2) is 5.16 Å². The lowest BCUT2D eigenvalue weighted by Crippen LogP contribution is -2.06. The summed E-state index contributed by atoms with van der Waals surface area (Å²) in [5.41, 5.74) is 3.34. The lowest BCUT2D eigenvalue weighted by atomic mass is 10.1. The zero-order valence-corrected chi connectivity index (χ0v) is 13.3. The summed E-state index contributed by atoms with van der Waals surface area (Å²) in [7, 11) is 0. The highest BCUT2D eigenvalue weighted by atomic mass is 32.2. The molecule has 0 radical (unpaired) electrons. The Morgan fingerprint density at radius 1 is 1.33 bits per heavy atom. The van der Waals surface area contributed by atoms with Crippen LogP contribution < -0.4 is 0 Å². The Hall–Kier alpha value is -1.82. The molecule has 0 fully saturated rings. The maximum Gasteiger partial charge on any atom is 0.313 e. The summed E-state index contributed by atoms with van der Waals surface area (Å²) in [5, 5.41) is 17.9. The van der Waals surface area contributed by atoms with Crippen LogP contribution in [0.1, 0.15) is 30.3 Å². The van der Waals surface area contributed by atoms with Gasteiger partial charge in [-0.15, -0.1) is 10.2 Å². The van der Waals surface area contributed by atoms with Gasteiger partial charge in [0.2, 0.25) is 0 Å². The number of aromatic nitrogens is 3. The van der Waals surface area contributed by atoms with Gasteiger partial charge in [0.25, 0.3) is 0 Å². The third kappa shape index (κ3) is 3.64. The van der Waals surface area contributed by atoms with Crippen molar-refractivity contribution < 1.29 is 9.90 Å². The second-order valence-electron chi connectivity index (χ2n) is 4.96. The van der Waals surface area contributed by atoms with Gasteiger partial charge in [0.05, 0.1) is 11.4 Å². The summed E-state index contributed by atoms with van der Waals surface area (Å²) in [6, 6.07) is 6.19. The van der Waals surface area contributed by atoms with Gasteiger partial charge in [-0.05, 0) is 31.9 Å². The number of carbonyl (C=O) groups is 1. The third-order valence-electron chi connectivity index (χ3n) is 3.09. The van der Waals surface area contributed by atoms with E-state index in [0.29, 0.717) is 5.16 Å². The highest BCUT2D eigenvalue weighted by Crippen LogP contribution is 2.25. The second kappa shape index (κ2) is 6.76. The largest absolute Gasteiger partial charge is 0.481 e. The van der Waals surface area contributed by atoms with Crippen LogP contribution in [0.4, 0.5) is 0 Å². The summed E-state index contributed by atoms with van der Waals surface area (Å²) in [6.07, 6.45) is 1.78. The maximum atomic E-state index is 10.8. The lowest BCUT2D eigenvalue weighted by molar-refractivity contribution is -0.133. The fourth-order valence-electron chi connectivity index (χ4n) is 2.20. The number of thioether (sulfide) groups is 1. The average molecular weight is 305 g/mol. The molecule has 0 aliphatic carbocycles. The van der Waals surface area contributed by atoms with E-state index in [4.69, 9.17) is 5.11 Å². The summed E-state index contributed by atoms with van der Waals surface area (Å²) in [6.45, 7) is 6.19. The fraction of sp³-hybridized carbons (Fsp3) is 0.400. The maximum absolute atomic E-state index is 10.8. The standard InChI is InChI=1S/C15H19N3O2S/c1-4-5-13-16-17-15(21-9-14(19)20)18(13)12-7-6-10(2)8-11(12)3/h6-8H,4-5,9H2,1-3H3,(H,19,20). The van der Waals surface area contributed by atoms with Gasteiger partial charge in [0.1, 0.15) is 5.82 Å². The average Bonchev–Trinajstić information content (AvgIpc) is 2.80. The summed E-state index contributed by atoms with van der Waals surface area (Å²) in [4.78, 5) is 10.8. The molecule has 0 saturated heterocycles. The first-order chi connectivity index (χ1) is 10.0. The first kappa shape index (κ1) is 15.6. The number of hydrogen-bond donors (Lipinski definition) is 1. The van der Waals surface area contributed by atoms with E-state index < -0.39 is 5.97 Å². The van der Waals surface area contributed by atoms with Gasteiger partial charge >= 0.3 is 5.97 Å². The summed E-state index contributed by atoms with van der Waals surface area (Å²) >= 11 is 1.20. The normalized spacial score (nSPS) is 10.8. The molecule has 1 heterocycles. The molecule has 21 heavy (non-hydrogen) atoms. The molecule has 112 valence electrons. The number of aliphatic carboxylic acids is 1. The zero-order chi connectivity index (χ0) is 15.4. The molecular formula is C15H19N3O2S. The fourth-order valence-corrected chi connectivity index (χ4v) is 2.89. The Labute approximate surface area is 128 Å². The Morgan fingerprint density at radius 3 is 2.71 bits per heavy atom. The van der Waals surface area contributed by atoms with E-state index in [1.54, 1.807) is 0 Å². The van der Waals surface area contributed by atoms with Gasteiger partial charge in [-0.1, -0.05) is 36.4 Å². The van der Waals surface area contributed by atoms with Gasteiger partial charge in [-0.3, -0.25) is 9.36 Å². The Morgan fingerprint density at radius 2 is 2.10 bits per heavy atom. The molecule has 1 N–H and O–H groups in total. The van der Waals surface area contributed by atoms with E-state index in [2.05, 4.69) is 30.1 Å².